The van der Waals surface area contributed by atoms with Gasteiger partial charge in [-0.2, -0.15) is 4.98 Å². The van der Waals surface area contributed by atoms with Crippen molar-refractivity contribution in [3.8, 4) is 11.9 Å². The predicted molar refractivity (Wildman–Crippen MR) is 132 cm³/mol. The number of aromatic nitrogens is 6. The van der Waals surface area contributed by atoms with Gasteiger partial charge in [-0.3, -0.25) is 23.5 Å². The monoisotopic (exact) mass is 632 g/mol. The van der Waals surface area contributed by atoms with Gasteiger partial charge in [0.2, 0.25) is 5.95 Å². The van der Waals surface area contributed by atoms with Crippen LogP contribution < -0.4 is 21.4 Å². The van der Waals surface area contributed by atoms with Crippen molar-refractivity contribution in [3.63, 3.8) is 0 Å². The molecule has 0 spiro atoms. The van der Waals surface area contributed by atoms with Gasteiger partial charge in [0, 0.05) is 30.7 Å². The van der Waals surface area contributed by atoms with Crippen LogP contribution in [0, 0.1) is 5.41 Å². The normalized spacial score (nSPS) is 36.3. The van der Waals surface area contributed by atoms with Gasteiger partial charge in [-0.25, -0.2) is 24.1 Å². The number of hydrogen-bond donors (Lipinski definition) is 4. The number of hydrogen-bond acceptors (Lipinski definition) is 16. The standard InChI is InChI=1S/C19H24N8O11P2S/c20-12-1-2-26(19(29)23-12)13-3-8-10(35-13)5-34-39(30,31)37-9-4-14(36-11(9)6-41-40(32,33)38-8)27-7-22-15-16(27)24-18(21)25-17(15)28/h1-2,7-11,13-14H,3-6H2,(H,30,31)(H,32,33)(H2,20,23,29)(H3,21,24,25,28)/p-2/t8-,9-,10+,11+,13+,14+/m0/s1. The first-order chi connectivity index (χ1) is 19.4. The number of phosphoric acid groups is 1. The second-order valence-corrected chi connectivity index (χ2v) is 14.6. The molecule has 3 fully saturated rings. The van der Waals surface area contributed by atoms with Gasteiger partial charge in [-0.1, -0.05) is 0 Å². The van der Waals surface area contributed by atoms with E-state index in [9.17, 15) is 29.1 Å². The number of nitrogens with one attached hydrogen (secondary N) is 1. The molecular formula is C19H22N8O11P2S-2. The highest BCUT2D eigenvalue weighted by Gasteiger charge is 2.47. The zero-order chi connectivity index (χ0) is 29.1. The third-order valence-corrected chi connectivity index (χ3v) is 10.6. The lowest BCUT2D eigenvalue weighted by Gasteiger charge is -2.26. The molecule has 3 saturated heterocycles. The SMILES string of the molecule is N=c1ccn([C@H]2C[C@@H]3OP(=O)(O)SC[C@H]4O[C@@H](n5cnc6c([O-])nc(N)nc65)C[C@@H]4OP(=O)(O)OC[C@H]3O2)c([O-])n1. The Balaban J connectivity index is 1.24. The molecule has 3 aliphatic rings. The summed E-state index contributed by atoms with van der Waals surface area (Å²) in [5.41, 5.74) is 5.36. The van der Waals surface area contributed by atoms with Crippen LogP contribution in [0.1, 0.15) is 25.3 Å². The molecule has 3 aromatic heterocycles. The van der Waals surface area contributed by atoms with Crippen LogP contribution in [0.2, 0.25) is 0 Å². The highest BCUT2D eigenvalue weighted by molar-refractivity contribution is 8.54. The number of nitrogen functional groups attached to an aromatic ring is 1. The van der Waals surface area contributed by atoms with Crippen molar-refractivity contribution >= 4 is 43.1 Å². The van der Waals surface area contributed by atoms with Crippen molar-refractivity contribution in [3.05, 3.63) is 24.1 Å². The van der Waals surface area contributed by atoms with Crippen molar-refractivity contribution in [1.82, 2.24) is 29.1 Å². The van der Waals surface area contributed by atoms with Crippen molar-refractivity contribution in [2.24, 2.45) is 0 Å². The van der Waals surface area contributed by atoms with Crippen molar-refractivity contribution in [2.45, 2.75) is 49.7 Å². The first-order valence-corrected chi connectivity index (χ1v) is 16.6. The molecule has 0 radical (unpaired) electrons. The summed E-state index contributed by atoms with van der Waals surface area (Å²) in [6.45, 7) is -4.96. The van der Waals surface area contributed by atoms with Crippen molar-refractivity contribution < 1.29 is 52.2 Å². The molecule has 3 aliphatic heterocycles. The molecule has 19 nitrogen and oxygen atoms in total. The summed E-state index contributed by atoms with van der Waals surface area (Å²) in [6.07, 6.45) is -3.88. The fourth-order valence-electron chi connectivity index (χ4n) is 4.75. The first-order valence-electron chi connectivity index (χ1n) is 12.0. The van der Waals surface area contributed by atoms with Crippen molar-refractivity contribution in [1.29, 1.82) is 5.41 Å². The molecule has 6 heterocycles. The molecule has 6 rings (SSSR count). The molecule has 0 aliphatic carbocycles. The number of anilines is 1. The Bertz CT molecular complexity index is 1640. The topological polar surface area (TPSA) is 278 Å². The van der Waals surface area contributed by atoms with E-state index >= 15 is 0 Å². The lowest BCUT2D eigenvalue weighted by Crippen LogP contribution is -2.31. The van der Waals surface area contributed by atoms with Crippen LogP contribution in [0.4, 0.5) is 5.95 Å². The van der Waals surface area contributed by atoms with Gasteiger partial charge in [0.15, 0.2) is 5.65 Å². The van der Waals surface area contributed by atoms with Crippen LogP contribution in [-0.2, 0) is 32.2 Å². The van der Waals surface area contributed by atoms with Crippen molar-refractivity contribution in [2.75, 3.05) is 18.1 Å². The van der Waals surface area contributed by atoms with Crippen LogP contribution in [0.3, 0.4) is 0 Å². The molecule has 5 N–H and O–H groups in total. The number of imidazole rings is 1. The first kappa shape index (κ1) is 28.5. The molecule has 0 bridgehead atoms. The van der Waals surface area contributed by atoms with E-state index in [1.54, 1.807) is 0 Å². The van der Waals surface area contributed by atoms with Gasteiger partial charge in [0.25, 0.3) is 0 Å². The van der Waals surface area contributed by atoms with E-state index in [1.165, 1.54) is 23.2 Å². The van der Waals surface area contributed by atoms with Crippen LogP contribution in [0.15, 0.2) is 18.6 Å². The number of nitrogens with zero attached hydrogens (tertiary/aromatic N) is 6. The maximum atomic E-state index is 13.1. The largest absolute Gasteiger partial charge is 0.857 e. The second-order valence-electron chi connectivity index (χ2n) is 9.26. The summed E-state index contributed by atoms with van der Waals surface area (Å²) in [5, 5.41) is 31.8. The molecule has 8 atom stereocenters. The summed E-state index contributed by atoms with van der Waals surface area (Å²) in [7, 11) is -4.75. The van der Waals surface area contributed by atoms with Crippen LogP contribution >= 0.6 is 26.0 Å². The third-order valence-electron chi connectivity index (χ3n) is 6.56. The molecule has 0 amide bonds. The predicted octanol–water partition coefficient (Wildman–Crippen LogP) is -0.759. The van der Waals surface area contributed by atoms with Gasteiger partial charge in [0.05, 0.1) is 25.0 Å². The zero-order valence-electron chi connectivity index (χ0n) is 20.7. The molecule has 222 valence electrons. The van der Waals surface area contributed by atoms with E-state index in [4.69, 9.17) is 34.2 Å². The van der Waals surface area contributed by atoms with Crippen LogP contribution in [-0.4, -0.2) is 75.6 Å². The number of ether oxygens (including phenoxy) is 2. The highest BCUT2D eigenvalue weighted by atomic mass is 32.7. The van der Waals surface area contributed by atoms with E-state index in [2.05, 4.69) is 19.9 Å². The molecule has 3 aromatic rings. The quantitative estimate of drug-likeness (QED) is 0.253. The van der Waals surface area contributed by atoms with Crippen LogP contribution in [0.5, 0.6) is 11.9 Å². The second kappa shape index (κ2) is 10.6. The maximum absolute atomic E-state index is 13.1. The Morgan fingerprint density at radius 3 is 2.49 bits per heavy atom. The summed E-state index contributed by atoms with van der Waals surface area (Å²) >= 11 is 0.519. The Morgan fingerprint density at radius 2 is 1.73 bits per heavy atom. The molecule has 41 heavy (non-hydrogen) atoms. The summed E-state index contributed by atoms with van der Waals surface area (Å²) in [5.74, 6) is -1.18. The molecular weight excluding hydrogens is 610 g/mol. The van der Waals surface area contributed by atoms with Gasteiger partial charge in [0.1, 0.15) is 41.8 Å². The van der Waals surface area contributed by atoms with E-state index in [0.717, 1.165) is 4.57 Å². The number of fused-ring (bicyclic) bond motifs is 3. The number of phosphoric ester groups is 1. The fourth-order valence-corrected chi connectivity index (χ4v) is 8.49. The van der Waals surface area contributed by atoms with E-state index in [-0.39, 0.29) is 41.2 Å². The minimum atomic E-state index is -4.75. The summed E-state index contributed by atoms with van der Waals surface area (Å²) in [6, 6.07) is 0.472. The van der Waals surface area contributed by atoms with Gasteiger partial charge >= 0.3 is 14.6 Å². The number of nitrogens with two attached hydrogens (primary N) is 1. The van der Waals surface area contributed by atoms with Gasteiger partial charge in [-0.15, -0.1) is 0 Å². The molecule has 2 unspecified atom stereocenters. The Morgan fingerprint density at radius 1 is 1.02 bits per heavy atom. The van der Waals surface area contributed by atoms with E-state index in [1.807, 2.05) is 0 Å². The van der Waals surface area contributed by atoms with Gasteiger partial charge in [-0.05, 0) is 17.4 Å². The van der Waals surface area contributed by atoms with E-state index in [0.29, 0.717) is 11.4 Å². The number of rotatable bonds is 2. The Labute approximate surface area is 233 Å². The van der Waals surface area contributed by atoms with Gasteiger partial charge < -0.3 is 39.8 Å². The molecule has 0 saturated carbocycles. The average Bonchev–Trinajstić information content (AvgIpc) is 3.58. The fraction of sp³-hybridized carbons (Fsp3) is 0.526. The lowest BCUT2D eigenvalue weighted by molar-refractivity contribution is -0.290. The Kier molecular flexibility index (Phi) is 7.34. The minimum absolute atomic E-state index is 0.0498. The lowest BCUT2D eigenvalue weighted by atomic mass is 10.2. The zero-order valence-corrected chi connectivity index (χ0v) is 23.3. The summed E-state index contributed by atoms with van der Waals surface area (Å²) < 4.78 is 56.3. The third kappa shape index (κ3) is 5.85. The smallest absolute Gasteiger partial charge is 0.472 e. The average molecular weight is 632 g/mol. The van der Waals surface area contributed by atoms with Crippen LogP contribution in [0.25, 0.3) is 11.2 Å². The summed E-state index contributed by atoms with van der Waals surface area (Å²) in [4.78, 5) is 36.2. The minimum Gasteiger partial charge on any atom is -0.857 e. The Hall–Kier alpha value is -2.64. The maximum Gasteiger partial charge on any atom is 0.472 e. The molecule has 22 heteroatoms. The molecule has 0 aromatic carbocycles. The van der Waals surface area contributed by atoms with E-state index < -0.39 is 70.0 Å². The highest BCUT2D eigenvalue weighted by Crippen LogP contribution is 2.60.